The molecular weight excluding hydrogens is 302 g/mol. The molecule has 1 aliphatic carbocycles. The number of ether oxygens (including phenoxy) is 1. The summed E-state index contributed by atoms with van der Waals surface area (Å²) in [5.74, 6) is 0.973. The summed E-state index contributed by atoms with van der Waals surface area (Å²) < 4.78 is 6.74. The van der Waals surface area contributed by atoms with E-state index in [9.17, 15) is 0 Å². The smallest absolute Gasteiger partial charge is 0.120 e. The molecule has 1 heterocycles. The zero-order chi connectivity index (χ0) is 14.7. The van der Waals surface area contributed by atoms with Crippen molar-refractivity contribution < 1.29 is 4.74 Å². The molecule has 21 heavy (non-hydrogen) atoms. The van der Waals surface area contributed by atoms with Crippen molar-refractivity contribution in [1.82, 2.24) is 5.32 Å². The number of halogens is 1. The van der Waals surface area contributed by atoms with Gasteiger partial charge in [-0.1, -0.05) is 30.7 Å². The van der Waals surface area contributed by atoms with Crippen molar-refractivity contribution in [3.63, 3.8) is 0 Å². The fraction of sp³-hybridized carbons (Fsp3) is 0.412. The fourth-order valence-corrected chi connectivity index (χ4v) is 3.47. The molecule has 0 amide bonds. The van der Waals surface area contributed by atoms with Gasteiger partial charge < -0.3 is 10.1 Å². The van der Waals surface area contributed by atoms with Gasteiger partial charge in [-0.25, -0.2) is 0 Å². The first-order valence-electron chi connectivity index (χ1n) is 7.51. The highest BCUT2D eigenvalue weighted by Crippen LogP contribution is 2.33. The molecule has 0 bridgehead atoms. The van der Waals surface area contributed by atoms with Crippen molar-refractivity contribution >= 4 is 22.9 Å². The lowest BCUT2D eigenvalue weighted by molar-refractivity contribution is 0.302. The lowest BCUT2D eigenvalue weighted by Crippen LogP contribution is -2.22. The quantitative estimate of drug-likeness (QED) is 0.772. The van der Waals surface area contributed by atoms with E-state index in [1.54, 1.807) is 11.3 Å². The van der Waals surface area contributed by atoms with Gasteiger partial charge in [0.05, 0.1) is 16.5 Å². The van der Waals surface area contributed by atoms with E-state index in [2.05, 4.69) is 36.5 Å². The molecular formula is C17H20ClNOS. The zero-order valence-electron chi connectivity index (χ0n) is 12.1. The van der Waals surface area contributed by atoms with Crippen LogP contribution in [0.2, 0.25) is 4.34 Å². The van der Waals surface area contributed by atoms with Gasteiger partial charge in [0.1, 0.15) is 5.75 Å². The summed E-state index contributed by atoms with van der Waals surface area (Å²) in [5, 5.41) is 3.61. The molecule has 1 atom stereocenters. The average Bonchev–Trinajstić information content (AvgIpc) is 3.19. The molecule has 1 N–H and O–H groups in total. The van der Waals surface area contributed by atoms with Gasteiger partial charge in [-0.2, -0.15) is 0 Å². The minimum absolute atomic E-state index is 0.185. The van der Waals surface area contributed by atoms with Gasteiger partial charge in [0.25, 0.3) is 0 Å². The maximum atomic E-state index is 6.10. The van der Waals surface area contributed by atoms with Crippen molar-refractivity contribution in [3.05, 3.63) is 51.2 Å². The first-order valence-corrected chi connectivity index (χ1v) is 8.71. The van der Waals surface area contributed by atoms with Gasteiger partial charge in [0, 0.05) is 4.88 Å². The summed E-state index contributed by atoms with van der Waals surface area (Å²) in [7, 11) is 0. The van der Waals surface area contributed by atoms with Gasteiger partial charge in [0.2, 0.25) is 0 Å². The van der Waals surface area contributed by atoms with Crippen LogP contribution in [-0.4, -0.2) is 12.6 Å². The number of benzene rings is 1. The van der Waals surface area contributed by atoms with E-state index in [-0.39, 0.29) is 6.04 Å². The molecule has 1 aliphatic rings. The first kappa shape index (κ1) is 14.9. The topological polar surface area (TPSA) is 21.3 Å². The Morgan fingerprint density at radius 1 is 1.33 bits per heavy atom. The van der Waals surface area contributed by atoms with Crippen LogP contribution in [0.4, 0.5) is 0 Å². The summed E-state index contributed by atoms with van der Waals surface area (Å²) in [6.45, 7) is 3.16. The SMILES string of the molecule is CCCNC(c1cccc(OC2CC2)c1)c1ccc(Cl)s1. The van der Waals surface area contributed by atoms with Crippen LogP contribution in [0.25, 0.3) is 0 Å². The highest BCUT2D eigenvalue weighted by Gasteiger charge is 2.24. The molecule has 1 unspecified atom stereocenters. The minimum Gasteiger partial charge on any atom is -0.490 e. The molecule has 2 nitrogen and oxygen atoms in total. The van der Waals surface area contributed by atoms with E-state index in [0.29, 0.717) is 6.10 Å². The maximum absolute atomic E-state index is 6.10. The fourth-order valence-electron chi connectivity index (χ4n) is 2.30. The van der Waals surface area contributed by atoms with E-state index in [1.807, 2.05) is 12.1 Å². The Kier molecular flexibility index (Phi) is 4.84. The highest BCUT2D eigenvalue weighted by molar-refractivity contribution is 7.16. The number of hydrogen-bond donors (Lipinski definition) is 1. The Morgan fingerprint density at radius 3 is 2.86 bits per heavy atom. The van der Waals surface area contributed by atoms with Gasteiger partial charge in [-0.15, -0.1) is 11.3 Å². The minimum atomic E-state index is 0.185. The largest absolute Gasteiger partial charge is 0.490 e. The van der Waals surface area contributed by atoms with Crippen molar-refractivity contribution in [2.24, 2.45) is 0 Å². The lowest BCUT2D eigenvalue weighted by Gasteiger charge is -2.18. The molecule has 1 aromatic carbocycles. The Labute approximate surface area is 135 Å². The Hall–Kier alpha value is -1.03. The Bertz CT molecular complexity index is 594. The van der Waals surface area contributed by atoms with Crippen LogP contribution in [0, 0.1) is 0 Å². The monoisotopic (exact) mass is 321 g/mol. The van der Waals surface area contributed by atoms with Gasteiger partial charge in [-0.05, 0) is 55.6 Å². The van der Waals surface area contributed by atoms with Crippen LogP contribution in [0.5, 0.6) is 5.75 Å². The number of nitrogens with one attached hydrogen (secondary N) is 1. The summed E-state index contributed by atoms with van der Waals surface area (Å²) >= 11 is 7.74. The van der Waals surface area contributed by atoms with E-state index in [1.165, 1.54) is 23.3 Å². The number of rotatable bonds is 7. The van der Waals surface area contributed by atoms with Crippen molar-refractivity contribution in [3.8, 4) is 5.75 Å². The third-order valence-electron chi connectivity index (χ3n) is 3.50. The van der Waals surface area contributed by atoms with E-state index in [4.69, 9.17) is 16.3 Å². The molecule has 4 heteroatoms. The van der Waals surface area contributed by atoms with Crippen LogP contribution < -0.4 is 10.1 Å². The highest BCUT2D eigenvalue weighted by atomic mass is 35.5. The second kappa shape index (κ2) is 6.82. The Balaban J connectivity index is 1.83. The summed E-state index contributed by atoms with van der Waals surface area (Å²) in [6, 6.07) is 12.7. The van der Waals surface area contributed by atoms with Crippen molar-refractivity contribution in [1.29, 1.82) is 0 Å². The third-order valence-corrected chi connectivity index (χ3v) is 4.79. The first-order chi connectivity index (χ1) is 10.3. The number of hydrogen-bond acceptors (Lipinski definition) is 3. The van der Waals surface area contributed by atoms with Crippen LogP contribution >= 0.6 is 22.9 Å². The zero-order valence-corrected chi connectivity index (χ0v) is 13.7. The van der Waals surface area contributed by atoms with Gasteiger partial charge in [-0.3, -0.25) is 0 Å². The summed E-state index contributed by atoms with van der Waals surface area (Å²) in [4.78, 5) is 1.25. The molecule has 0 radical (unpaired) electrons. The van der Waals surface area contributed by atoms with E-state index >= 15 is 0 Å². The van der Waals surface area contributed by atoms with E-state index in [0.717, 1.165) is 23.1 Å². The number of thiophene rings is 1. The molecule has 3 rings (SSSR count). The van der Waals surface area contributed by atoms with Gasteiger partial charge in [0.15, 0.2) is 0 Å². The predicted molar refractivity (Wildman–Crippen MR) is 89.6 cm³/mol. The standard InChI is InChI=1S/C17H20ClNOS/c1-2-10-19-17(15-8-9-16(18)21-15)12-4-3-5-14(11-12)20-13-6-7-13/h3-5,8-9,11,13,17,19H,2,6-7,10H2,1H3. The molecule has 0 aliphatic heterocycles. The van der Waals surface area contributed by atoms with Crippen molar-refractivity contribution in [2.45, 2.75) is 38.3 Å². The third kappa shape index (κ3) is 4.00. The van der Waals surface area contributed by atoms with Crippen LogP contribution in [0.1, 0.15) is 42.7 Å². The van der Waals surface area contributed by atoms with Crippen LogP contribution in [-0.2, 0) is 0 Å². The molecule has 1 saturated carbocycles. The molecule has 0 saturated heterocycles. The lowest BCUT2D eigenvalue weighted by atomic mass is 10.0. The van der Waals surface area contributed by atoms with Gasteiger partial charge >= 0.3 is 0 Å². The van der Waals surface area contributed by atoms with Crippen molar-refractivity contribution in [2.75, 3.05) is 6.54 Å². The molecule has 112 valence electrons. The predicted octanol–water partition coefficient (Wildman–Crippen LogP) is 5.03. The molecule has 2 aromatic rings. The normalized spacial score (nSPS) is 15.9. The van der Waals surface area contributed by atoms with E-state index < -0.39 is 0 Å². The molecule has 1 fully saturated rings. The molecule has 0 spiro atoms. The maximum Gasteiger partial charge on any atom is 0.120 e. The van der Waals surface area contributed by atoms with Crippen LogP contribution in [0.15, 0.2) is 36.4 Å². The summed E-state index contributed by atoms with van der Waals surface area (Å²) in [5.41, 5.74) is 1.24. The van der Waals surface area contributed by atoms with Crippen LogP contribution in [0.3, 0.4) is 0 Å². The summed E-state index contributed by atoms with van der Waals surface area (Å²) in [6.07, 6.45) is 3.90. The second-order valence-corrected chi connectivity index (χ2v) is 7.17. The average molecular weight is 322 g/mol. The molecule has 1 aromatic heterocycles. The Morgan fingerprint density at radius 2 is 2.19 bits per heavy atom. The second-order valence-electron chi connectivity index (χ2n) is 5.42.